The quantitative estimate of drug-likeness (QED) is 0.413. The molecule has 7 nitrogen and oxygen atoms in total. The maximum Gasteiger partial charge on any atom is 0.231 e. The molecule has 1 aliphatic rings. The number of aryl methyl sites for hydroxylation is 1. The van der Waals surface area contributed by atoms with E-state index in [4.69, 9.17) is 22.3 Å². The van der Waals surface area contributed by atoms with Gasteiger partial charge in [0.1, 0.15) is 11.7 Å². The molecule has 1 amide bonds. The predicted octanol–water partition coefficient (Wildman–Crippen LogP) is 2.93. The molecule has 0 bridgehead atoms. The normalized spacial score (nSPS) is 15.3. The average Bonchev–Trinajstić information content (AvgIpc) is 2.81. The topological polar surface area (TPSA) is 112 Å². The van der Waals surface area contributed by atoms with Crippen molar-refractivity contribution in [1.82, 2.24) is 15.2 Å². The Morgan fingerprint density at radius 2 is 1.94 bits per heavy atom. The number of aliphatic hydroxyl groups excluding tert-OH is 1. The van der Waals surface area contributed by atoms with Gasteiger partial charge in [-0.3, -0.25) is 14.7 Å². The predicted molar refractivity (Wildman–Crippen MR) is 133 cm³/mol. The van der Waals surface area contributed by atoms with E-state index in [2.05, 4.69) is 10.2 Å². The number of amides is 1. The zero-order valence-corrected chi connectivity index (χ0v) is 19.8. The minimum Gasteiger partial charge on any atom is -0.508 e. The molecule has 0 aliphatic carbocycles. The second-order valence-electron chi connectivity index (χ2n) is 8.58. The fraction of sp³-hybridized carbons (Fsp3) is 0.308. The fourth-order valence-corrected chi connectivity index (χ4v) is 4.87. The van der Waals surface area contributed by atoms with Crippen LogP contribution in [0, 0.1) is 6.92 Å². The number of hydrogen-bond donors (Lipinski definition) is 4. The molecule has 1 atom stereocenters. The van der Waals surface area contributed by atoms with Crippen molar-refractivity contribution in [2.75, 3.05) is 26.2 Å². The summed E-state index contributed by atoms with van der Waals surface area (Å²) < 4.78 is 0. The summed E-state index contributed by atoms with van der Waals surface area (Å²) in [5.41, 5.74) is 10.4. The van der Waals surface area contributed by atoms with Gasteiger partial charge in [-0.15, -0.1) is 0 Å². The van der Waals surface area contributed by atoms with Gasteiger partial charge in [-0.1, -0.05) is 35.9 Å². The number of benzene rings is 2. The number of carbonyl (C=O) groups is 1. The van der Waals surface area contributed by atoms with Crippen molar-refractivity contribution >= 4 is 17.5 Å². The molecule has 5 N–H and O–H groups in total. The Balaban J connectivity index is 1.89. The van der Waals surface area contributed by atoms with E-state index in [1.54, 1.807) is 18.2 Å². The van der Waals surface area contributed by atoms with Gasteiger partial charge >= 0.3 is 0 Å². The number of nitrogens with two attached hydrogens (primary N) is 1. The molecule has 0 radical (unpaired) electrons. The molecule has 8 heteroatoms. The van der Waals surface area contributed by atoms with Crippen LogP contribution < -0.4 is 11.1 Å². The van der Waals surface area contributed by atoms with Crippen LogP contribution in [0.2, 0.25) is 5.02 Å². The third-order valence-corrected chi connectivity index (χ3v) is 6.58. The molecule has 4 rings (SSSR count). The highest BCUT2D eigenvalue weighted by molar-refractivity contribution is 6.31. The van der Waals surface area contributed by atoms with Gasteiger partial charge in [0, 0.05) is 48.9 Å². The number of aromatic hydroxyl groups is 1. The standard InChI is InChI=1S/C26H29ClN4O3/c1-16-4-2-6-20(27)24(16)25(26(28)34)22-13-17(14-31-10-8-29-9-11-31)12-21(30-22)18-5-3-7-23(33)19(18)15-32/h2-7,12-13,25,29,32-33H,8-11,14-15H2,1H3,(H2,28,34). The molecule has 0 saturated carbocycles. The van der Waals surface area contributed by atoms with Crippen LogP contribution in [0.5, 0.6) is 5.75 Å². The summed E-state index contributed by atoms with van der Waals surface area (Å²) in [6.07, 6.45) is 0. The van der Waals surface area contributed by atoms with E-state index >= 15 is 0 Å². The number of rotatable bonds is 7. The smallest absolute Gasteiger partial charge is 0.231 e. The van der Waals surface area contributed by atoms with Crippen LogP contribution in [-0.4, -0.2) is 52.2 Å². The molecule has 178 valence electrons. The maximum absolute atomic E-state index is 12.8. The van der Waals surface area contributed by atoms with Crippen molar-refractivity contribution in [2.45, 2.75) is 26.0 Å². The minimum atomic E-state index is -0.842. The Kier molecular flexibility index (Phi) is 7.48. The highest BCUT2D eigenvalue weighted by Gasteiger charge is 2.27. The van der Waals surface area contributed by atoms with E-state index in [-0.39, 0.29) is 12.4 Å². The molecule has 34 heavy (non-hydrogen) atoms. The molecule has 1 aromatic heterocycles. The Morgan fingerprint density at radius 3 is 2.62 bits per heavy atom. The van der Waals surface area contributed by atoms with Gasteiger partial charge in [0.15, 0.2) is 0 Å². The SMILES string of the molecule is Cc1cccc(Cl)c1C(C(N)=O)c1cc(CN2CCNCC2)cc(-c2cccc(O)c2CO)n1. The third kappa shape index (κ3) is 5.08. The first-order valence-corrected chi connectivity index (χ1v) is 11.7. The van der Waals surface area contributed by atoms with E-state index in [0.29, 0.717) is 39.6 Å². The summed E-state index contributed by atoms with van der Waals surface area (Å²) >= 11 is 6.52. The van der Waals surface area contributed by atoms with Gasteiger partial charge in [-0.25, -0.2) is 0 Å². The summed E-state index contributed by atoms with van der Waals surface area (Å²) in [5, 5.41) is 24.0. The lowest BCUT2D eigenvalue weighted by molar-refractivity contribution is -0.118. The van der Waals surface area contributed by atoms with Crippen molar-refractivity contribution in [3.63, 3.8) is 0 Å². The van der Waals surface area contributed by atoms with E-state index in [9.17, 15) is 15.0 Å². The minimum absolute atomic E-state index is 0.00995. The summed E-state index contributed by atoms with van der Waals surface area (Å²) in [5.74, 6) is -1.40. The van der Waals surface area contributed by atoms with Crippen molar-refractivity contribution in [3.05, 3.63) is 81.5 Å². The number of aromatic nitrogens is 1. The van der Waals surface area contributed by atoms with Crippen LogP contribution in [0.4, 0.5) is 0 Å². The number of hydrogen-bond acceptors (Lipinski definition) is 6. The number of carbonyl (C=O) groups excluding carboxylic acids is 1. The van der Waals surface area contributed by atoms with E-state index in [1.807, 2.05) is 31.2 Å². The first-order chi connectivity index (χ1) is 16.4. The Labute approximate surface area is 204 Å². The van der Waals surface area contributed by atoms with Gasteiger partial charge in [0.2, 0.25) is 5.91 Å². The molecule has 1 saturated heterocycles. The van der Waals surface area contributed by atoms with Crippen molar-refractivity contribution in [1.29, 1.82) is 0 Å². The molecule has 3 aromatic rings. The number of halogens is 1. The van der Waals surface area contributed by atoms with Gasteiger partial charge in [0.25, 0.3) is 0 Å². The molecule has 1 fully saturated rings. The van der Waals surface area contributed by atoms with Crippen LogP contribution in [0.3, 0.4) is 0 Å². The van der Waals surface area contributed by atoms with Gasteiger partial charge < -0.3 is 21.3 Å². The summed E-state index contributed by atoms with van der Waals surface area (Å²) in [4.78, 5) is 19.9. The number of piperazine rings is 1. The van der Waals surface area contributed by atoms with Gasteiger partial charge in [-0.05, 0) is 47.9 Å². The van der Waals surface area contributed by atoms with Crippen molar-refractivity contribution < 1.29 is 15.0 Å². The Morgan fingerprint density at radius 1 is 1.21 bits per heavy atom. The van der Waals surface area contributed by atoms with Gasteiger partial charge in [-0.2, -0.15) is 0 Å². The number of nitrogens with zero attached hydrogens (tertiary/aromatic N) is 2. The average molecular weight is 481 g/mol. The van der Waals surface area contributed by atoms with E-state index in [0.717, 1.165) is 37.3 Å². The van der Waals surface area contributed by atoms with Crippen LogP contribution >= 0.6 is 11.6 Å². The number of aliphatic hydroxyl groups is 1. The van der Waals surface area contributed by atoms with E-state index < -0.39 is 11.8 Å². The number of pyridine rings is 1. The molecule has 1 unspecified atom stereocenters. The second-order valence-corrected chi connectivity index (χ2v) is 8.99. The lowest BCUT2D eigenvalue weighted by Crippen LogP contribution is -2.42. The van der Waals surface area contributed by atoms with Crippen LogP contribution in [0.25, 0.3) is 11.3 Å². The van der Waals surface area contributed by atoms with Crippen molar-refractivity contribution in [2.24, 2.45) is 5.73 Å². The van der Waals surface area contributed by atoms with Crippen LogP contribution in [0.1, 0.15) is 33.9 Å². The largest absolute Gasteiger partial charge is 0.508 e. The Hall–Kier alpha value is -2.97. The highest BCUT2D eigenvalue weighted by atomic mass is 35.5. The van der Waals surface area contributed by atoms with Crippen LogP contribution in [-0.2, 0) is 17.9 Å². The molecule has 2 aromatic carbocycles. The number of phenols is 1. The van der Waals surface area contributed by atoms with E-state index in [1.165, 1.54) is 6.07 Å². The molecular formula is C26H29ClN4O3. The lowest BCUT2D eigenvalue weighted by Gasteiger charge is -2.28. The van der Waals surface area contributed by atoms with Crippen molar-refractivity contribution in [3.8, 4) is 17.0 Å². The zero-order valence-electron chi connectivity index (χ0n) is 19.1. The molecule has 0 spiro atoms. The molecule has 2 heterocycles. The lowest BCUT2D eigenvalue weighted by atomic mass is 9.89. The molecular weight excluding hydrogens is 452 g/mol. The monoisotopic (exact) mass is 480 g/mol. The first kappa shape index (κ1) is 24.2. The van der Waals surface area contributed by atoms with Gasteiger partial charge in [0.05, 0.1) is 18.0 Å². The summed E-state index contributed by atoms with van der Waals surface area (Å²) in [7, 11) is 0. The number of primary amides is 1. The second kappa shape index (κ2) is 10.5. The highest BCUT2D eigenvalue weighted by Crippen LogP contribution is 2.35. The third-order valence-electron chi connectivity index (χ3n) is 6.25. The summed E-state index contributed by atoms with van der Waals surface area (Å²) in [6.45, 7) is 5.85. The first-order valence-electron chi connectivity index (χ1n) is 11.3. The number of nitrogens with one attached hydrogen (secondary N) is 1. The Bertz CT molecular complexity index is 1170. The maximum atomic E-state index is 12.8. The molecule has 1 aliphatic heterocycles. The zero-order chi connectivity index (χ0) is 24.2. The summed E-state index contributed by atoms with van der Waals surface area (Å²) in [6, 6.07) is 14.3. The van der Waals surface area contributed by atoms with Crippen LogP contribution in [0.15, 0.2) is 48.5 Å². The fourth-order valence-electron chi connectivity index (χ4n) is 4.54.